The average molecular weight is 290 g/mol. The summed E-state index contributed by atoms with van der Waals surface area (Å²) in [5, 5.41) is 0. The Balaban J connectivity index is 2.40. The van der Waals surface area contributed by atoms with Crippen LogP contribution in [0.25, 0.3) is 0 Å². The molecule has 0 aromatic heterocycles. The van der Waals surface area contributed by atoms with Gasteiger partial charge in [-0.1, -0.05) is 0 Å². The molecule has 20 heavy (non-hydrogen) atoms. The zero-order valence-corrected chi connectivity index (χ0v) is 11.1. The number of alkyl halides is 3. The lowest BCUT2D eigenvalue weighted by Gasteiger charge is -2.23. The molecule has 1 heterocycles. The van der Waals surface area contributed by atoms with Crippen molar-refractivity contribution < 1.29 is 22.3 Å². The van der Waals surface area contributed by atoms with Crippen molar-refractivity contribution in [1.82, 2.24) is 0 Å². The highest BCUT2D eigenvalue weighted by Crippen LogP contribution is 2.37. The Kier molecular flexibility index (Phi) is 3.87. The topological polar surface area (TPSA) is 24.8 Å². The van der Waals surface area contributed by atoms with Gasteiger partial charge >= 0.3 is 6.36 Å². The molecule has 0 amide bonds. The minimum Gasteiger partial charge on any atom is -0.403 e. The summed E-state index contributed by atoms with van der Waals surface area (Å²) in [5.41, 5.74) is 1.57. The average Bonchev–Trinajstić information content (AvgIpc) is 2.74. The number of benzene rings is 1. The summed E-state index contributed by atoms with van der Waals surface area (Å²) >= 11 is 0. The van der Waals surface area contributed by atoms with Gasteiger partial charge < -0.3 is 9.64 Å². The van der Waals surface area contributed by atoms with Crippen molar-refractivity contribution in [2.45, 2.75) is 19.7 Å². The van der Waals surface area contributed by atoms with Crippen molar-refractivity contribution in [3.05, 3.63) is 23.5 Å². The first-order valence-corrected chi connectivity index (χ1v) is 6.05. The van der Waals surface area contributed by atoms with E-state index in [0.29, 0.717) is 25.1 Å². The first-order valence-electron chi connectivity index (χ1n) is 6.05. The van der Waals surface area contributed by atoms with Gasteiger partial charge in [-0.25, -0.2) is 4.39 Å². The monoisotopic (exact) mass is 290 g/mol. The molecular weight excluding hydrogens is 276 g/mol. The second kappa shape index (κ2) is 5.30. The lowest BCUT2D eigenvalue weighted by Crippen LogP contribution is -2.24. The normalized spacial score (nSPS) is 17.9. The summed E-state index contributed by atoms with van der Waals surface area (Å²) in [6, 6.07) is 1.95. The minimum absolute atomic E-state index is 0.266. The molecule has 1 aromatic carbocycles. The molecule has 1 fully saturated rings. The highest BCUT2D eigenvalue weighted by atomic mass is 19.4. The van der Waals surface area contributed by atoms with E-state index in [0.717, 1.165) is 11.8 Å². The van der Waals surface area contributed by atoms with Gasteiger partial charge in [-0.05, 0) is 18.6 Å². The molecule has 3 nitrogen and oxygen atoms in total. The molecule has 0 N–H and O–H groups in total. The number of halogens is 4. The minimum atomic E-state index is -4.85. The van der Waals surface area contributed by atoms with E-state index in [4.69, 9.17) is 0 Å². The summed E-state index contributed by atoms with van der Waals surface area (Å²) in [6.45, 7) is 2.52. The van der Waals surface area contributed by atoms with Crippen molar-refractivity contribution in [2.75, 3.05) is 25.0 Å². The Hall–Kier alpha value is -1.79. The number of aliphatic imine (C=N–C) groups is 1. The van der Waals surface area contributed by atoms with Crippen molar-refractivity contribution in [1.29, 1.82) is 0 Å². The summed E-state index contributed by atoms with van der Waals surface area (Å²) in [5.74, 6) is -1.26. The van der Waals surface area contributed by atoms with Gasteiger partial charge in [0, 0.05) is 31.8 Å². The SMILES string of the molecule is CN=C1CCN(c2c(C)cc(F)cc2OC(F)(F)F)C1. The van der Waals surface area contributed by atoms with E-state index in [9.17, 15) is 17.6 Å². The van der Waals surface area contributed by atoms with Crippen LogP contribution in [-0.4, -0.2) is 32.2 Å². The lowest BCUT2D eigenvalue weighted by atomic mass is 10.1. The van der Waals surface area contributed by atoms with Crippen molar-refractivity contribution in [3.8, 4) is 5.75 Å². The quantitative estimate of drug-likeness (QED) is 0.781. The van der Waals surface area contributed by atoms with Crippen LogP contribution in [0.3, 0.4) is 0 Å². The van der Waals surface area contributed by atoms with Crippen molar-refractivity contribution >= 4 is 11.4 Å². The van der Waals surface area contributed by atoms with Gasteiger partial charge in [0.15, 0.2) is 5.75 Å². The number of hydrogen-bond donors (Lipinski definition) is 0. The maximum Gasteiger partial charge on any atom is 0.573 e. The van der Waals surface area contributed by atoms with Crippen LogP contribution in [0, 0.1) is 12.7 Å². The first-order chi connectivity index (χ1) is 9.30. The predicted molar refractivity (Wildman–Crippen MR) is 68.0 cm³/mol. The Morgan fingerprint density at radius 3 is 2.55 bits per heavy atom. The van der Waals surface area contributed by atoms with Crippen molar-refractivity contribution in [3.63, 3.8) is 0 Å². The molecule has 0 unspecified atom stereocenters. The van der Waals surface area contributed by atoms with Gasteiger partial charge in [0.25, 0.3) is 0 Å². The second-order valence-corrected chi connectivity index (χ2v) is 4.58. The van der Waals surface area contributed by atoms with Gasteiger partial charge in [-0.2, -0.15) is 0 Å². The molecule has 1 aliphatic heterocycles. The zero-order valence-electron chi connectivity index (χ0n) is 11.1. The largest absolute Gasteiger partial charge is 0.573 e. The number of anilines is 1. The molecule has 1 aliphatic rings. The van der Waals surface area contributed by atoms with Gasteiger partial charge in [-0.15, -0.1) is 13.2 Å². The first kappa shape index (κ1) is 14.6. The molecule has 110 valence electrons. The van der Waals surface area contributed by atoms with Crippen LogP contribution >= 0.6 is 0 Å². The maximum atomic E-state index is 13.3. The molecule has 1 saturated heterocycles. The van der Waals surface area contributed by atoms with Crippen LogP contribution in [0.15, 0.2) is 17.1 Å². The molecule has 2 rings (SSSR count). The molecule has 0 saturated carbocycles. The van der Waals surface area contributed by atoms with E-state index >= 15 is 0 Å². The molecule has 0 spiro atoms. The Morgan fingerprint density at radius 2 is 2.00 bits per heavy atom. The fraction of sp³-hybridized carbons (Fsp3) is 0.462. The number of rotatable bonds is 2. The molecular formula is C13H14F4N2O. The molecule has 0 atom stereocenters. The smallest absolute Gasteiger partial charge is 0.403 e. The number of aryl methyl sites for hydroxylation is 1. The number of hydrogen-bond acceptors (Lipinski definition) is 3. The molecule has 0 aliphatic carbocycles. The van der Waals surface area contributed by atoms with E-state index in [-0.39, 0.29) is 5.69 Å². The fourth-order valence-electron chi connectivity index (χ4n) is 2.33. The number of nitrogens with zero attached hydrogens (tertiary/aromatic N) is 2. The number of ether oxygens (including phenoxy) is 1. The van der Waals surface area contributed by atoms with Crippen LogP contribution < -0.4 is 9.64 Å². The predicted octanol–water partition coefficient (Wildman–Crippen LogP) is 3.31. The van der Waals surface area contributed by atoms with E-state index in [1.165, 1.54) is 6.07 Å². The summed E-state index contributed by atoms with van der Waals surface area (Å²) < 4.78 is 54.6. The van der Waals surface area contributed by atoms with Gasteiger partial charge in [0.1, 0.15) is 5.82 Å². The van der Waals surface area contributed by atoms with E-state index in [1.54, 1.807) is 18.9 Å². The molecule has 0 bridgehead atoms. The van der Waals surface area contributed by atoms with Crippen LogP contribution in [0.4, 0.5) is 23.2 Å². The standard InChI is InChI=1S/C13H14F4N2O/c1-8-5-9(14)6-11(20-13(15,16)17)12(8)19-4-3-10(7-19)18-2/h5-6H,3-4,7H2,1-2H3. The van der Waals surface area contributed by atoms with Gasteiger partial charge in [-0.3, -0.25) is 4.99 Å². The molecule has 1 aromatic rings. The van der Waals surface area contributed by atoms with Crippen LogP contribution in [0.5, 0.6) is 5.75 Å². The Labute approximate surface area is 113 Å². The van der Waals surface area contributed by atoms with Gasteiger partial charge in [0.05, 0.1) is 12.2 Å². The van der Waals surface area contributed by atoms with E-state index in [2.05, 4.69) is 9.73 Å². The summed E-state index contributed by atoms with van der Waals surface area (Å²) in [7, 11) is 1.64. The van der Waals surface area contributed by atoms with Crippen LogP contribution in [-0.2, 0) is 0 Å². The third-order valence-electron chi connectivity index (χ3n) is 3.13. The van der Waals surface area contributed by atoms with E-state index in [1.807, 2.05) is 0 Å². The van der Waals surface area contributed by atoms with Gasteiger partial charge in [0.2, 0.25) is 0 Å². The zero-order chi connectivity index (χ0) is 14.9. The van der Waals surface area contributed by atoms with Crippen LogP contribution in [0.1, 0.15) is 12.0 Å². The Bertz CT molecular complexity index is 540. The Morgan fingerprint density at radius 1 is 1.30 bits per heavy atom. The second-order valence-electron chi connectivity index (χ2n) is 4.58. The summed E-state index contributed by atoms with van der Waals surface area (Å²) in [4.78, 5) is 5.77. The third-order valence-corrected chi connectivity index (χ3v) is 3.13. The maximum absolute atomic E-state index is 13.3. The fourth-order valence-corrected chi connectivity index (χ4v) is 2.33. The summed E-state index contributed by atoms with van der Waals surface area (Å²) in [6.07, 6.45) is -4.17. The highest BCUT2D eigenvalue weighted by molar-refractivity contribution is 5.92. The molecule has 0 radical (unpaired) electrons. The van der Waals surface area contributed by atoms with E-state index < -0.39 is 17.9 Å². The highest BCUT2D eigenvalue weighted by Gasteiger charge is 2.34. The third kappa shape index (κ3) is 3.20. The molecule has 7 heteroatoms. The van der Waals surface area contributed by atoms with Crippen LogP contribution in [0.2, 0.25) is 0 Å². The van der Waals surface area contributed by atoms with Crippen molar-refractivity contribution in [2.24, 2.45) is 4.99 Å². The lowest BCUT2D eigenvalue weighted by molar-refractivity contribution is -0.274.